The molecule has 3 atom stereocenters. The fourth-order valence-corrected chi connectivity index (χ4v) is 7.47. The number of hydrogen-bond donors (Lipinski definition) is 0. The van der Waals surface area contributed by atoms with Crippen molar-refractivity contribution in [1.82, 2.24) is 9.34 Å². The summed E-state index contributed by atoms with van der Waals surface area (Å²) < 4.78 is 34.7. The second-order valence-corrected chi connectivity index (χ2v) is 9.93. The molecule has 2 heterocycles. The van der Waals surface area contributed by atoms with E-state index in [9.17, 15) is 4.57 Å². The minimum absolute atomic E-state index is 0.0127. The first kappa shape index (κ1) is 21.2. The molecule has 1 saturated heterocycles. The predicted molar refractivity (Wildman–Crippen MR) is 108 cm³/mol. The van der Waals surface area contributed by atoms with Crippen LogP contribution in [0.4, 0.5) is 0 Å². The zero-order valence-electron chi connectivity index (χ0n) is 16.0. The number of nitrogens with zero attached hydrogens (tertiary/aromatic N) is 2. The molecule has 2 aliphatic rings. The molecule has 152 valence electrons. The molecule has 0 spiro atoms. The van der Waals surface area contributed by atoms with Gasteiger partial charge in [-0.25, -0.2) is 9.34 Å². The average Bonchev–Trinajstić information content (AvgIpc) is 2.69. The van der Waals surface area contributed by atoms with Gasteiger partial charge in [0.2, 0.25) is 0 Å². The summed E-state index contributed by atoms with van der Waals surface area (Å²) in [5, 5.41) is 0. The summed E-state index contributed by atoms with van der Waals surface area (Å²) in [6.07, 6.45) is 0.766. The molecule has 3 rings (SSSR count). The first-order valence-electron chi connectivity index (χ1n) is 9.14. The van der Waals surface area contributed by atoms with Crippen LogP contribution in [-0.4, -0.2) is 61.6 Å². The molecular formula is C18H27Cl2N2O4P. The van der Waals surface area contributed by atoms with Gasteiger partial charge in [0.25, 0.3) is 0 Å². The molecule has 0 aliphatic carbocycles. The fourth-order valence-electron chi connectivity index (χ4n) is 4.03. The highest BCUT2D eigenvalue weighted by atomic mass is 35.5. The molecule has 1 aromatic carbocycles. The van der Waals surface area contributed by atoms with Gasteiger partial charge < -0.3 is 14.0 Å². The number of methoxy groups -OCH3 is 2. The Labute approximate surface area is 171 Å². The molecule has 0 aromatic heterocycles. The van der Waals surface area contributed by atoms with Crippen LogP contribution in [0.15, 0.2) is 12.1 Å². The zero-order valence-corrected chi connectivity index (χ0v) is 18.4. The molecule has 0 bridgehead atoms. The van der Waals surface area contributed by atoms with E-state index in [0.29, 0.717) is 43.8 Å². The Morgan fingerprint density at radius 1 is 1.22 bits per heavy atom. The molecule has 27 heavy (non-hydrogen) atoms. The third-order valence-corrected chi connectivity index (χ3v) is 8.34. The van der Waals surface area contributed by atoms with E-state index in [0.717, 1.165) is 17.7 Å². The Morgan fingerprint density at radius 3 is 2.44 bits per heavy atom. The summed E-state index contributed by atoms with van der Waals surface area (Å²) in [6, 6.07) is 4.04. The molecule has 2 aliphatic heterocycles. The highest BCUT2D eigenvalue weighted by Gasteiger charge is 2.50. The van der Waals surface area contributed by atoms with Crippen LogP contribution < -0.4 is 9.47 Å². The van der Waals surface area contributed by atoms with Crippen molar-refractivity contribution in [3.05, 3.63) is 23.3 Å². The van der Waals surface area contributed by atoms with Gasteiger partial charge in [-0.1, -0.05) is 6.92 Å². The van der Waals surface area contributed by atoms with Crippen molar-refractivity contribution in [3.8, 4) is 11.5 Å². The van der Waals surface area contributed by atoms with E-state index in [1.165, 1.54) is 5.56 Å². The number of benzene rings is 1. The van der Waals surface area contributed by atoms with Gasteiger partial charge >= 0.3 is 7.67 Å². The van der Waals surface area contributed by atoms with Crippen LogP contribution in [0.1, 0.15) is 24.1 Å². The second kappa shape index (κ2) is 8.89. The molecule has 1 fully saturated rings. The van der Waals surface area contributed by atoms with E-state index in [2.05, 4.69) is 6.92 Å². The lowest BCUT2D eigenvalue weighted by molar-refractivity contribution is 0.0766. The predicted octanol–water partition coefficient (Wildman–Crippen LogP) is 4.16. The maximum atomic E-state index is 14.0. The largest absolute Gasteiger partial charge is 0.493 e. The lowest BCUT2D eigenvalue weighted by atomic mass is 9.87. The van der Waals surface area contributed by atoms with E-state index in [-0.39, 0.29) is 12.0 Å². The number of ether oxygens (including phenoxy) is 2. The average molecular weight is 437 g/mol. The summed E-state index contributed by atoms with van der Waals surface area (Å²) in [6.45, 7) is 4.15. The molecule has 6 nitrogen and oxygen atoms in total. The van der Waals surface area contributed by atoms with E-state index in [1.54, 1.807) is 14.2 Å². The first-order chi connectivity index (χ1) is 13.0. The lowest BCUT2D eigenvalue weighted by Gasteiger charge is -2.50. The summed E-state index contributed by atoms with van der Waals surface area (Å²) >= 11 is 11.9. The van der Waals surface area contributed by atoms with Crippen LogP contribution in [0.25, 0.3) is 0 Å². The van der Waals surface area contributed by atoms with Crippen molar-refractivity contribution in [1.29, 1.82) is 0 Å². The molecule has 0 amide bonds. The van der Waals surface area contributed by atoms with Gasteiger partial charge in [-0.2, -0.15) is 0 Å². The van der Waals surface area contributed by atoms with Crippen LogP contribution in [0, 0.1) is 5.92 Å². The Balaban J connectivity index is 2.03. The quantitative estimate of drug-likeness (QED) is 0.472. The van der Waals surface area contributed by atoms with E-state index in [4.69, 9.17) is 37.2 Å². The van der Waals surface area contributed by atoms with Gasteiger partial charge in [0.05, 0.1) is 20.8 Å². The smallest absolute Gasteiger partial charge is 0.346 e. The van der Waals surface area contributed by atoms with Crippen molar-refractivity contribution in [2.75, 3.05) is 52.2 Å². The van der Waals surface area contributed by atoms with Gasteiger partial charge in [-0.3, -0.25) is 4.57 Å². The maximum absolute atomic E-state index is 14.0. The highest BCUT2D eigenvalue weighted by Crippen LogP contribution is 2.63. The van der Waals surface area contributed by atoms with Gasteiger partial charge in [0.15, 0.2) is 11.5 Å². The molecule has 0 N–H and O–H groups in total. The van der Waals surface area contributed by atoms with Gasteiger partial charge in [-0.15, -0.1) is 23.2 Å². The highest BCUT2D eigenvalue weighted by molar-refractivity contribution is 7.54. The summed E-state index contributed by atoms with van der Waals surface area (Å²) in [5.41, 5.74) is 2.34. The van der Waals surface area contributed by atoms with Crippen LogP contribution in [0.2, 0.25) is 0 Å². The third-order valence-electron chi connectivity index (χ3n) is 5.31. The van der Waals surface area contributed by atoms with Crippen molar-refractivity contribution in [2.45, 2.75) is 19.4 Å². The molecule has 0 radical (unpaired) electrons. The molecular weight excluding hydrogens is 410 g/mol. The van der Waals surface area contributed by atoms with Gasteiger partial charge in [0, 0.05) is 43.4 Å². The Bertz CT molecular complexity index is 715. The first-order valence-corrected chi connectivity index (χ1v) is 11.7. The van der Waals surface area contributed by atoms with Crippen molar-refractivity contribution >= 4 is 30.9 Å². The van der Waals surface area contributed by atoms with Crippen LogP contribution >= 0.6 is 30.9 Å². The molecule has 0 saturated carbocycles. The van der Waals surface area contributed by atoms with E-state index >= 15 is 0 Å². The van der Waals surface area contributed by atoms with E-state index in [1.807, 2.05) is 21.5 Å². The molecule has 0 unspecified atom stereocenters. The summed E-state index contributed by atoms with van der Waals surface area (Å²) in [7, 11) is 0.0727. The Morgan fingerprint density at radius 2 is 1.85 bits per heavy atom. The molecule has 1 aromatic rings. The summed E-state index contributed by atoms with van der Waals surface area (Å²) in [4.78, 5) is 0. The topological polar surface area (TPSA) is 51.2 Å². The fraction of sp³-hybridized carbons (Fsp3) is 0.667. The SMILES string of the molecule is COc1cc2c(cc1OC)[C@H]1[C@H](C)CO[P@@](=O)(N(CCCl)CCCl)N1CC2. The zero-order chi connectivity index (χ0) is 19.6. The van der Waals surface area contributed by atoms with Crippen LogP contribution in [0.3, 0.4) is 0 Å². The lowest BCUT2D eigenvalue weighted by Crippen LogP contribution is -2.46. The normalized spacial score (nSPS) is 27.9. The molecule has 9 heteroatoms. The second-order valence-electron chi connectivity index (χ2n) is 6.86. The third kappa shape index (κ3) is 3.85. The van der Waals surface area contributed by atoms with Crippen molar-refractivity contribution < 1.29 is 18.6 Å². The van der Waals surface area contributed by atoms with Gasteiger partial charge in [-0.05, 0) is 29.7 Å². The number of alkyl halides is 2. The maximum Gasteiger partial charge on any atom is 0.346 e. The van der Waals surface area contributed by atoms with Gasteiger partial charge in [0.1, 0.15) is 0 Å². The van der Waals surface area contributed by atoms with Crippen LogP contribution in [-0.2, 0) is 15.5 Å². The Kier molecular flexibility index (Phi) is 6.99. The number of hydrogen-bond acceptors (Lipinski definition) is 4. The number of rotatable bonds is 7. The van der Waals surface area contributed by atoms with Crippen molar-refractivity contribution in [2.24, 2.45) is 5.92 Å². The number of fused-ring (bicyclic) bond motifs is 3. The monoisotopic (exact) mass is 436 g/mol. The van der Waals surface area contributed by atoms with E-state index < -0.39 is 7.67 Å². The number of halogens is 2. The Hall–Kier alpha value is -0.490. The van der Waals surface area contributed by atoms with Crippen molar-refractivity contribution in [3.63, 3.8) is 0 Å². The van der Waals surface area contributed by atoms with Crippen LogP contribution in [0.5, 0.6) is 11.5 Å². The minimum atomic E-state index is -3.20. The minimum Gasteiger partial charge on any atom is -0.493 e. The standard InChI is InChI=1S/C18H27Cl2N2O4P/c1-13-12-26-27(23,21(8-5-19)9-6-20)22-7-4-14-10-16(24-2)17(25-3)11-15(14)18(13)22/h10-11,13,18H,4-9,12H2,1-3H3/t13-,18-,27+/m1/s1. The summed E-state index contributed by atoms with van der Waals surface area (Å²) in [5.74, 6) is 2.35.